The monoisotopic (exact) mass is 401 g/mol. The van der Waals surface area contributed by atoms with Crippen LogP contribution in [0.15, 0.2) is 66.7 Å². The molecule has 3 rings (SSSR count). The van der Waals surface area contributed by atoms with Crippen LogP contribution in [0.2, 0.25) is 10.0 Å². The molecule has 5 heteroatoms. The maximum absolute atomic E-state index is 6.48. The highest BCUT2D eigenvalue weighted by molar-refractivity contribution is 6.31. The van der Waals surface area contributed by atoms with Crippen LogP contribution in [0, 0.1) is 0 Å². The van der Waals surface area contributed by atoms with Gasteiger partial charge in [-0.05, 0) is 48.4 Å². The fourth-order valence-corrected chi connectivity index (χ4v) is 3.07. The Morgan fingerprint density at radius 1 is 0.852 bits per heavy atom. The molecule has 0 aliphatic rings. The first kappa shape index (κ1) is 19.4. The molecule has 1 N–H and O–H groups in total. The lowest BCUT2D eigenvalue weighted by Crippen LogP contribution is -2.04. The standard InChI is InChI=1S/C22H21Cl2NO2/c1-2-26-21-12-17(14-25-19-9-4-3-5-10-19)20(24)13-22(21)27-15-16-7-6-8-18(23)11-16/h3-13,25H,2,14-15H2,1H3. The van der Waals surface area contributed by atoms with Crippen molar-refractivity contribution in [1.29, 1.82) is 0 Å². The average molecular weight is 402 g/mol. The van der Waals surface area contributed by atoms with E-state index in [4.69, 9.17) is 32.7 Å². The van der Waals surface area contributed by atoms with Crippen LogP contribution in [-0.4, -0.2) is 6.61 Å². The molecule has 0 aliphatic carbocycles. The van der Waals surface area contributed by atoms with Crippen molar-refractivity contribution in [2.24, 2.45) is 0 Å². The maximum atomic E-state index is 6.48. The summed E-state index contributed by atoms with van der Waals surface area (Å²) in [5, 5.41) is 4.67. The van der Waals surface area contributed by atoms with E-state index in [1.807, 2.05) is 67.6 Å². The van der Waals surface area contributed by atoms with Crippen LogP contribution in [0.3, 0.4) is 0 Å². The lowest BCUT2D eigenvalue weighted by atomic mass is 10.2. The molecule has 0 radical (unpaired) electrons. The second-order valence-electron chi connectivity index (χ2n) is 5.96. The van der Waals surface area contributed by atoms with Gasteiger partial charge in [0.2, 0.25) is 0 Å². The van der Waals surface area contributed by atoms with Crippen LogP contribution >= 0.6 is 23.2 Å². The van der Waals surface area contributed by atoms with Gasteiger partial charge < -0.3 is 14.8 Å². The number of para-hydroxylation sites is 1. The molecule has 0 aliphatic heterocycles. The Hall–Kier alpha value is -2.36. The third-order valence-corrected chi connectivity index (χ3v) is 4.54. The van der Waals surface area contributed by atoms with Crippen molar-refractivity contribution in [2.75, 3.05) is 11.9 Å². The normalized spacial score (nSPS) is 10.5. The van der Waals surface area contributed by atoms with Gasteiger partial charge in [0.05, 0.1) is 6.61 Å². The van der Waals surface area contributed by atoms with Gasteiger partial charge in [0, 0.05) is 28.3 Å². The number of hydrogen-bond acceptors (Lipinski definition) is 3. The molecule has 0 saturated carbocycles. The summed E-state index contributed by atoms with van der Waals surface area (Å²) in [7, 11) is 0. The van der Waals surface area contributed by atoms with E-state index in [0.29, 0.717) is 41.3 Å². The second-order valence-corrected chi connectivity index (χ2v) is 6.81. The third-order valence-electron chi connectivity index (χ3n) is 3.95. The summed E-state index contributed by atoms with van der Waals surface area (Å²) < 4.78 is 11.7. The smallest absolute Gasteiger partial charge is 0.163 e. The molecule has 0 fully saturated rings. The van der Waals surface area contributed by atoms with Crippen molar-refractivity contribution >= 4 is 28.9 Å². The quantitative estimate of drug-likeness (QED) is 0.462. The third kappa shape index (κ3) is 5.56. The van der Waals surface area contributed by atoms with Gasteiger partial charge in [-0.3, -0.25) is 0 Å². The van der Waals surface area contributed by atoms with Crippen molar-refractivity contribution in [3.63, 3.8) is 0 Å². The summed E-state index contributed by atoms with van der Waals surface area (Å²) in [5.41, 5.74) is 2.96. The van der Waals surface area contributed by atoms with Crippen LogP contribution in [0.25, 0.3) is 0 Å². The predicted molar refractivity (Wildman–Crippen MR) is 112 cm³/mol. The zero-order valence-electron chi connectivity index (χ0n) is 15.0. The molecule has 3 aromatic carbocycles. The molecule has 140 valence electrons. The van der Waals surface area contributed by atoms with Crippen molar-refractivity contribution in [1.82, 2.24) is 0 Å². The highest BCUT2D eigenvalue weighted by Gasteiger charge is 2.12. The predicted octanol–water partition coefficient (Wildman–Crippen LogP) is 6.58. The molecule has 0 unspecified atom stereocenters. The summed E-state index contributed by atoms with van der Waals surface area (Å²) >= 11 is 12.5. The number of halogens is 2. The van der Waals surface area contributed by atoms with Gasteiger partial charge in [0.1, 0.15) is 6.61 Å². The Morgan fingerprint density at radius 2 is 1.63 bits per heavy atom. The Kier molecular flexibility index (Phi) is 6.86. The minimum atomic E-state index is 0.387. The van der Waals surface area contributed by atoms with Gasteiger partial charge in [-0.15, -0.1) is 0 Å². The van der Waals surface area contributed by atoms with Gasteiger partial charge in [-0.2, -0.15) is 0 Å². The molecule has 3 aromatic rings. The van der Waals surface area contributed by atoms with E-state index in [0.717, 1.165) is 16.8 Å². The Morgan fingerprint density at radius 3 is 2.37 bits per heavy atom. The van der Waals surface area contributed by atoms with Gasteiger partial charge in [0.25, 0.3) is 0 Å². The van der Waals surface area contributed by atoms with E-state index >= 15 is 0 Å². The molecule has 27 heavy (non-hydrogen) atoms. The summed E-state index contributed by atoms with van der Waals surface area (Å²) in [6.07, 6.45) is 0. The first-order chi connectivity index (χ1) is 13.2. The number of hydrogen-bond donors (Lipinski definition) is 1. The highest BCUT2D eigenvalue weighted by atomic mass is 35.5. The van der Waals surface area contributed by atoms with E-state index in [1.54, 1.807) is 6.07 Å². The SMILES string of the molecule is CCOc1cc(CNc2ccccc2)c(Cl)cc1OCc1cccc(Cl)c1. The van der Waals surface area contributed by atoms with Crippen LogP contribution in [0.1, 0.15) is 18.1 Å². The Labute approximate surface area is 169 Å². The number of nitrogens with one attached hydrogen (secondary N) is 1. The molecule has 3 nitrogen and oxygen atoms in total. The lowest BCUT2D eigenvalue weighted by Gasteiger charge is -2.16. The number of ether oxygens (including phenoxy) is 2. The largest absolute Gasteiger partial charge is 0.490 e. The van der Waals surface area contributed by atoms with E-state index in [1.165, 1.54) is 0 Å². The second kappa shape index (κ2) is 9.54. The van der Waals surface area contributed by atoms with Gasteiger partial charge >= 0.3 is 0 Å². The van der Waals surface area contributed by atoms with Crippen molar-refractivity contribution < 1.29 is 9.47 Å². The van der Waals surface area contributed by atoms with Crippen molar-refractivity contribution in [2.45, 2.75) is 20.1 Å². The van der Waals surface area contributed by atoms with E-state index in [9.17, 15) is 0 Å². The van der Waals surface area contributed by atoms with Gasteiger partial charge in [-0.25, -0.2) is 0 Å². The molecule has 0 atom stereocenters. The summed E-state index contributed by atoms with van der Waals surface area (Å²) in [5.74, 6) is 1.29. The number of rotatable bonds is 8. The van der Waals surface area contributed by atoms with E-state index in [2.05, 4.69) is 5.32 Å². The minimum Gasteiger partial charge on any atom is -0.490 e. The minimum absolute atomic E-state index is 0.387. The van der Waals surface area contributed by atoms with E-state index in [-0.39, 0.29) is 0 Å². The Bertz CT molecular complexity index is 885. The van der Waals surface area contributed by atoms with Crippen LogP contribution in [0.5, 0.6) is 11.5 Å². The molecule has 0 saturated heterocycles. The maximum Gasteiger partial charge on any atom is 0.163 e. The van der Waals surface area contributed by atoms with Crippen LogP contribution in [0.4, 0.5) is 5.69 Å². The number of anilines is 1. The van der Waals surface area contributed by atoms with E-state index < -0.39 is 0 Å². The van der Waals surface area contributed by atoms with Crippen molar-refractivity contribution in [3.05, 3.63) is 87.9 Å². The van der Waals surface area contributed by atoms with Gasteiger partial charge in [0.15, 0.2) is 11.5 Å². The van der Waals surface area contributed by atoms with Gasteiger partial charge in [-0.1, -0.05) is 53.5 Å². The fourth-order valence-electron chi connectivity index (χ4n) is 2.63. The Balaban J connectivity index is 1.74. The summed E-state index contributed by atoms with van der Waals surface area (Å²) in [4.78, 5) is 0. The molecule has 0 aromatic heterocycles. The average Bonchev–Trinajstić information content (AvgIpc) is 2.68. The molecular weight excluding hydrogens is 381 g/mol. The molecular formula is C22H21Cl2NO2. The molecule has 0 bridgehead atoms. The number of benzene rings is 3. The van der Waals surface area contributed by atoms with Crippen molar-refractivity contribution in [3.8, 4) is 11.5 Å². The first-order valence-corrected chi connectivity index (χ1v) is 9.52. The summed E-state index contributed by atoms with van der Waals surface area (Å²) in [6.45, 7) is 3.47. The first-order valence-electron chi connectivity index (χ1n) is 8.77. The zero-order chi connectivity index (χ0) is 19.1. The topological polar surface area (TPSA) is 30.5 Å². The van der Waals surface area contributed by atoms with Crippen LogP contribution in [-0.2, 0) is 13.2 Å². The molecule has 0 heterocycles. The summed E-state index contributed by atoms with van der Waals surface area (Å²) in [6, 6.07) is 21.3. The highest BCUT2D eigenvalue weighted by Crippen LogP contribution is 2.34. The molecule has 0 amide bonds. The van der Waals surface area contributed by atoms with Crippen LogP contribution < -0.4 is 14.8 Å². The lowest BCUT2D eigenvalue weighted by molar-refractivity contribution is 0.269. The molecule has 0 spiro atoms. The fraction of sp³-hybridized carbons (Fsp3) is 0.182. The zero-order valence-corrected chi connectivity index (χ0v) is 16.6.